The molecule has 1 fully saturated rings. The Labute approximate surface area is 96.5 Å². The molecule has 86 valence electrons. The fraction of sp³-hybridized carbons (Fsp3) is 0.462. The first-order chi connectivity index (χ1) is 7.81. The third-order valence-corrected chi connectivity index (χ3v) is 3.29. The van der Waals surface area contributed by atoms with Gasteiger partial charge in [-0.1, -0.05) is 0 Å². The van der Waals surface area contributed by atoms with E-state index in [4.69, 9.17) is 0 Å². The molecule has 0 aliphatic carbocycles. The first-order valence-corrected chi connectivity index (χ1v) is 5.80. The topological polar surface area (TPSA) is 32.3 Å². The van der Waals surface area contributed by atoms with Crippen molar-refractivity contribution in [3.63, 3.8) is 0 Å². The van der Waals surface area contributed by atoms with E-state index >= 15 is 0 Å². The molecular weight excluding hydrogens is 200 g/mol. The summed E-state index contributed by atoms with van der Waals surface area (Å²) < 4.78 is 0. The van der Waals surface area contributed by atoms with Gasteiger partial charge in [-0.05, 0) is 50.2 Å². The second kappa shape index (κ2) is 5.12. The monoisotopic (exact) mass is 218 g/mol. The first kappa shape index (κ1) is 11.1. The van der Waals surface area contributed by atoms with Crippen molar-refractivity contribution >= 4 is 12.0 Å². The molecule has 1 saturated heterocycles. The minimum atomic E-state index is 0.614. The number of carbonyl (C=O) groups excluding carboxylic acids is 1. The molecule has 0 aromatic heterocycles. The normalized spacial score (nSPS) is 17.1. The van der Waals surface area contributed by atoms with Crippen molar-refractivity contribution < 1.29 is 4.79 Å². The zero-order valence-electron chi connectivity index (χ0n) is 9.65. The molecule has 0 saturated carbocycles. The molecule has 3 heteroatoms. The molecule has 1 heterocycles. The number of aldehydes is 1. The summed E-state index contributed by atoms with van der Waals surface area (Å²) in [5.74, 6) is 0. The van der Waals surface area contributed by atoms with Crippen molar-refractivity contribution in [2.45, 2.75) is 18.9 Å². The number of benzene rings is 1. The second-order valence-corrected chi connectivity index (χ2v) is 4.30. The highest BCUT2D eigenvalue weighted by atomic mass is 16.1. The molecule has 1 aliphatic rings. The number of rotatable bonds is 3. The smallest absolute Gasteiger partial charge is 0.150 e. The number of anilines is 1. The molecule has 0 radical (unpaired) electrons. The van der Waals surface area contributed by atoms with Crippen LogP contribution in [0.25, 0.3) is 0 Å². The molecule has 1 aromatic carbocycles. The van der Waals surface area contributed by atoms with Gasteiger partial charge in [0.1, 0.15) is 6.29 Å². The highest BCUT2D eigenvalue weighted by Crippen LogP contribution is 2.19. The Kier molecular flexibility index (Phi) is 3.57. The summed E-state index contributed by atoms with van der Waals surface area (Å²) in [5, 5.41) is 3.37. The molecular formula is C13H18N2O. The lowest BCUT2D eigenvalue weighted by molar-refractivity contribution is 0.112. The highest BCUT2D eigenvalue weighted by Gasteiger charge is 2.17. The van der Waals surface area contributed by atoms with Crippen molar-refractivity contribution in [1.29, 1.82) is 0 Å². The highest BCUT2D eigenvalue weighted by molar-refractivity contribution is 5.75. The summed E-state index contributed by atoms with van der Waals surface area (Å²) in [4.78, 5) is 12.9. The maximum Gasteiger partial charge on any atom is 0.150 e. The Morgan fingerprint density at radius 3 is 2.44 bits per heavy atom. The quantitative estimate of drug-likeness (QED) is 0.784. The standard InChI is InChI=1S/C13H18N2O/c1-15(13-6-8-14-9-7-13)12-4-2-11(10-16)3-5-12/h2-5,10,13-14H,6-9H2,1H3. The van der Waals surface area contributed by atoms with E-state index in [1.165, 1.54) is 18.5 Å². The van der Waals surface area contributed by atoms with E-state index in [0.29, 0.717) is 6.04 Å². The van der Waals surface area contributed by atoms with Gasteiger partial charge in [-0.3, -0.25) is 4.79 Å². The fourth-order valence-electron chi connectivity index (χ4n) is 2.19. The van der Waals surface area contributed by atoms with Crippen molar-refractivity contribution in [1.82, 2.24) is 5.32 Å². The number of hydrogen-bond acceptors (Lipinski definition) is 3. The van der Waals surface area contributed by atoms with Crippen molar-refractivity contribution in [3.8, 4) is 0 Å². The third kappa shape index (κ3) is 2.42. The molecule has 1 aliphatic heterocycles. The van der Waals surface area contributed by atoms with Crippen LogP contribution in [0, 0.1) is 0 Å². The van der Waals surface area contributed by atoms with Crippen LogP contribution in [0.5, 0.6) is 0 Å². The Morgan fingerprint density at radius 2 is 1.88 bits per heavy atom. The van der Waals surface area contributed by atoms with E-state index in [0.717, 1.165) is 24.9 Å². The van der Waals surface area contributed by atoms with Gasteiger partial charge in [-0.2, -0.15) is 0 Å². The first-order valence-electron chi connectivity index (χ1n) is 5.80. The summed E-state index contributed by atoms with van der Waals surface area (Å²) >= 11 is 0. The maximum atomic E-state index is 10.6. The number of nitrogens with zero attached hydrogens (tertiary/aromatic N) is 1. The van der Waals surface area contributed by atoms with E-state index in [-0.39, 0.29) is 0 Å². The van der Waals surface area contributed by atoms with Crippen molar-refractivity contribution in [2.75, 3.05) is 25.0 Å². The van der Waals surface area contributed by atoms with Crippen molar-refractivity contribution in [2.24, 2.45) is 0 Å². The van der Waals surface area contributed by atoms with E-state index in [2.05, 4.69) is 17.3 Å². The van der Waals surface area contributed by atoms with Gasteiger partial charge < -0.3 is 10.2 Å². The van der Waals surface area contributed by atoms with E-state index in [1.807, 2.05) is 24.3 Å². The average Bonchev–Trinajstić information content (AvgIpc) is 2.39. The minimum Gasteiger partial charge on any atom is -0.372 e. The van der Waals surface area contributed by atoms with Crippen LogP contribution in [0.2, 0.25) is 0 Å². The van der Waals surface area contributed by atoms with E-state index < -0.39 is 0 Å². The summed E-state index contributed by atoms with van der Waals surface area (Å²) in [7, 11) is 2.13. The predicted octanol–water partition coefficient (Wildman–Crippen LogP) is 1.69. The predicted molar refractivity (Wildman–Crippen MR) is 66.1 cm³/mol. The van der Waals surface area contributed by atoms with Crippen LogP contribution in [0.3, 0.4) is 0 Å². The van der Waals surface area contributed by atoms with Crippen LogP contribution < -0.4 is 10.2 Å². The van der Waals surface area contributed by atoms with E-state index in [9.17, 15) is 4.79 Å². The largest absolute Gasteiger partial charge is 0.372 e. The summed E-state index contributed by atoms with van der Waals surface area (Å²) in [6, 6.07) is 8.40. The Balaban J connectivity index is 2.06. The minimum absolute atomic E-state index is 0.614. The molecule has 3 nitrogen and oxygen atoms in total. The Morgan fingerprint density at radius 1 is 1.25 bits per heavy atom. The van der Waals surface area contributed by atoms with Crippen LogP contribution in [-0.2, 0) is 0 Å². The molecule has 0 bridgehead atoms. The SMILES string of the molecule is CN(c1ccc(C=O)cc1)C1CCNCC1. The summed E-state index contributed by atoms with van der Waals surface area (Å²) in [6.07, 6.45) is 3.26. The van der Waals surface area contributed by atoms with Gasteiger partial charge >= 0.3 is 0 Å². The van der Waals surface area contributed by atoms with Crippen molar-refractivity contribution in [3.05, 3.63) is 29.8 Å². The molecule has 16 heavy (non-hydrogen) atoms. The molecule has 0 atom stereocenters. The van der Waals surface area contributed by atoms with Crippen LogP contribution >= 0.6 is 0 Å². The molecule has 0 amide bonds. The second-order valence-electron chi connectivity index (χ2n) is 4.30. The zero-order valence-corrected chi connectivity index (χ0v) is 9.65. The Bertz CT molecular complexity index is 341. The number of carbonyl (C=O) groups is 1. The Hall–Kier alpha value is -1.35. The number of hydrogen-bond donors (Lipinski definition) is 1. The van der Waals surface area contributed by atoms with E-state index in [1.54, 1.807) is 0 Å². The van der Waals surface area contributed by atoms with Crippen LogP contribution in [-0.4, -0.2) is 32.5 Å². The number of nitrogens with one attached hydrogen (secondary N) is 1. The fourth-order valence-corrected chi connectivity index (χ4v) is 2.19. The molecule has 1 N–H and O–H groups in total. The zero-order chi connectivity index (χ0) is 11.4. The van der Waals surface area contributed by atoms with Gasteiger partial charge in [0.05, 0.1) is 0 Å². The van der Waals surface area contributed by atoms with Gasteiger partial charge in [0.2, 0.25) is 0 Å². The van der Waals surface area contributed by atoms with Crippen LogP contribution in [0.4, 0.5) is 5.69 Å². The van der Waals surface area contributed by atoms with Gasteiger partial charge in [-0.15, -0.1) is 0 Å². The van der Waals surface area contributed by atoms with Crippen LogP contribution in [0.1, 0.15) is 23.2 Å². The van der Waals surface area contributed by atoms with Gasteiger partial charge in [0, 0.05) is 24.3 Å². The lowest BCUT2D eigenvalue weighted by atomic mass is 10.0. The van der Waals surface area contributed by atoms with Gasteiger partial charge in [-0.25, -0.2) is 0 Å². The lowest BCUT2D eigenvalue weighted by Gasteiger charge is -2.33. The van der Waals surface area contributed by atoms with Gasteiger partial charge in [0.15, 0.2) is 0 Å². The summed E-state index contributed by atoms with van der Waals surface area (Å²) in [6.45, 7) is 2.20. The molecule has 0 spiro atoms. The number of piperidine rings is 1. The lowest BCUT2D eigenvalue weighted by Crippen LogP contribution is -2.41. The van der Waals surface area contributed by atoms with Crippen LogP contribution in [0.15, 0.2) is 24.3 Å². The molecule has 1 aromatic rings. The van der Waals surface area contributed by atoms with Gasteiger partial charge in [0.25, 0.3) is 0 Å². The maximum absolute atomic E-state index is 10.6. The molecule has 2 rings (SSSR count). The third-order valence-electron chi connectivity index (χ3n) is 3.29. The summed E-state index contributed by atoms with van der Waals surface area (Å²) in [5.41, 5.74) is 1.93. The molecule has 0 unspecified atom stereocenters. The average molecular weight is 218 g/mol.